The second-order valence-corrected chi connectivity index (χ2v) is 15.0. The van der Waals surface area contributed by atoms with Crippen molar-refractivity contribution in [2.45, 2.75) is 31.1 Å². The van der Waals surface area contributed by atoms with Gasteiger partial charge in [0.15, 0.2) is 0 Å². The van der Waals surface area contributed by atoms with Gasteiger partial charge in [-0.1, -0.05) is 116 Å². The first-order valence-electron chi connectivity index (χ1n) is 19.2. The Labute approximate surface area is 335 Å². The molecule has 0 amide bonds. The number of fused-ring (bicyclic) bond motifs is 8. The molecule has 0 unspecified atom stereocenters. The van der Waals surface area contributed by atoms with E-state index in [1.807, 2.05) is 30.5 Å². The third-order valence-electron chi connectivity index (χ3n) is 12.1. The van der Waals surface area contributed by atoms with E-state index in [9.17, 15) is 0 Å². The Balaban J connectivity index is 0.00000372. The molecule has 3 heteroatoms. The number of hydrogen-bond acceptors (Lipinski definition) is 1. The molecule has 0 atom stereocenters. The summed E-state index contributed by atoms with van der Waals surface area (Å²) >= 11 is 0. The smallest absolute Gasteiger partial charge is 0.0541 e. The first-order valence-corrected chi connectivity index (χ1v) is 19.2. The third kappa shape index (κ3) is 5.45. The minimum Gasteiger partial charge on any atom is -0.309 e. The topological polar surface area (TPSA) is 17.8 Å². The molecular weight excluding hydrogens is 845 g/mol. The van der Waals surface area contributed by atoms with Gasteiger partial charge in [-0.15, -0.1) is 35.4 Å². The van der Waals surface area contributed by atoms with Crippen LogP contribution in [-0.2, 0) is 25.5 Å². The van der Waals surface area contributed by atoms with Crippen LogP contribution in [-0.4, -0.2) is 9.55 Å². The largest absolute Gasteiger partial charge is 0.309 e. The number of nitrogens with zero attached hydrogens (tertiary/aromatic N) is 2. The molecule has 2 heterocycles. The van der Waals surface area contributed by atoms with Crippen molar-refractivity contribution < 1.29 is 20.1 Å². The van der Waals surface area contributed by atoms with Crippen molar-refractivity contribution in [2.75, 3.05) is 0 Å². The number of rotatable bonds is 5. The van der Waals surface area contributed by atoms with Gasteiger partial charge in [-0.25, -0.2) is 0 Å². The van der Waals surface area contributed by atoms with Gasteiger partial charge < -0.3 is 9.55 Å². The molecule has 0 aliphatic heterocycles. The maximum Gasteiger partial charge on any atom is 0.0541 e. The maximum atomic E-state index is 4.56. The summed E-state index contributed by atoms with van der Waals surface area (Å²) in [5.74, 6) is 0. The molecule has 1 fully saturated rings. The molecule has 2 aliphatic rings. The minimum atomic E-state index is 0. The van der Waals surface area contributed by atoms with Crippen LogP contribution >= 0.6 is 0 Å². The van der Waals surface area contributed by atoms with Gasteiger partial charge in [0.25, 0.3) is 0 Å². The van der Waals surface area contributed by atoms with Crippen LogP contribution in [0.3, 0.4) is 0 Å². The summed E-state index contributed by atoms with van der Waals surface area (Å²) in [5.41, 5.74) is 18.9. The van der Waals surface area contributed by atoms with Crippen LogP contribution in [0.15, 0.2) is 176 Å². The van der Waals surface area contributed by atoms with E-state index < -0.39 is 0 Å². The first kappa shape index (κ1) is 33.7. The fraction of sp³-hybridized carbons (Fsp3) is 0.0962. The van der Waals surface area contributed by atoms with Crippen LogP contribution in [0.5, 0.6) is 0 Å². The average molecular weight is 882 g/mol. The van der Waals surface area contributed by atoms with Crippen LogP contribution in [0, 0.1) is 6.07 Å². The zero-order chi connectivity index (χ0) is 35.6. The van der Waals surface area contributed by atoms with E-state index in [-0.39, 0.29) is 25.5 Å². The van der Waals surface area contributed by atoms with Crippen molar-refractivity contribution in [3.8, 4) is 61.5 Å². The molecule has 9 aromatic rings. The Morgan fingerprint density at radius 2 is 1.05 bits per heavy atom. The first-order chi connectivity index (χ1) is 26.7. The zero-order valence-electron chi connectivity index (χ0n) is 30.3. The summed E-state index contributed by atoms with van der Waals surface area (Å²) in [6, 6.07) is 65.8. The Hall–Kier alpha value is -5.86. The molecular formula is C52H37IrN2-. The van der Waals surface area contributed by atoms with Crippen molar-refractivity contribution >= 4 is 21.8 Å². The van der Waals surface area contributed by atoms with Gasteiger partial charge >= 0.3 is 0 Å². The molecule has 55 heavy (non-hydrogen) atoms. The van der Waals surface area contributed by atoms with Crippen molar-refractivity contribution in [1.29, 1.82) is 0 Å². The van der Waals surface area contributed by atoms with Crippen LogP contribution in [0.2, 0.25) is 0 Å². The van der Waals surface area contributed by atoms with E-state index in [4.69, 9.17) is 0 Å². The van der Waals surface area contributed by atoms with Crippen LogP contribution < -0.4 is 0 Å². The van der Waals surface area contributed by atoms with E-state index in [2.05, 4.69) is 161 Å². The van der Waals surface area contributed by atoms with Gasteiger partial charge in [0.05, 0.1) is 11.0 Å². The van der Waals surface area contributed by atoms with Gasteiger partial charge in [0.1, 0.15) is 0 Å². The van der Waals surface area contributed by atoms with Gasteiger partial charge in [0, 0.05) is 48.2 Å². The van der Waals surface area contributed by atoms with Crippen molar-refractivity contribution in [3.63, 3.8) is 0 Å². The predicted octanol–water partition coefficient (Wildman–Crippen LogP) is 13.5. The summed E-state index contributed by atoms with van der Waals surface area (Å²) in [7, 11) is 0. The van der Waals surface area contributed by atoms with E-state index >= 15 is 0 Å². The summed E-state index contributed by atoms with van der Waals surface area (Å²) in [6.45, 7) is 0. The monoisotopic (exact) mass is 882 g/mol. The molecule has 265 valence electrons. The van der Waals surface area contributed by atoms with Crippen molar-refractivity contribution in [2.24, 2.45) is 0 Å². The van der Waals surface area contributed by atoms with Crippen molar-refractivity contribution in [1.82, 2.24) is 9.55 Å². The molecule has 2 aliphatic carbocycles. The van der Waals surface area contributed by atoms with Gasteiger partial charge in [-0.3, -0.25) is 0 Å². The number of para-hydroxylation sites is 2. The van der Waals surface area contributed by atoms with Gasteiger partial charge in [0.2, 0.25) is 0 Å². The van der Waals surface area contributed by atoms with Gasteiger partial charge in [-0.2, -0.15) is 0 Å². The number of aromatic nitrogens is 2. The fourth-order valence-corrected chi connectivity index (χ4v) is 9.57. The Morgan fingerprint density at radius 3 is 1.69 bits per heavy atom. The van der Waals surface area contributed by atoms with Crippen LogP contribution in [0.1, 0.15) is 36.8 Å². The van der Waals surface area contributed by atoms with Crippen molar-refractivity contribution in [3.05, 3.63) is 193 Å². The number of benzene rings is 7. The molecule has 0 N–H and O–H groups in total. The Bertz CT molecular complexity index is 2830. The van der Waals surface area contributed by atoms with Crippen LogP contribution in [0.4, 0.5) is 0 Å². The molecule has 1 radical (unpaired) electrons. The summed E-state index contributed by atoms with van der Waals surface area (Å²) < 4.78 is 2.40. The summed E-state index contributed by atoms with van der Waals surface area (Å²) in [6.07, 6.45) is 6.76. The molecule has 7 aromatic carbocycles. The predicted molar refractivity (Wildman–Crippen MR) is 224 cm³/mol. The van der Waals surface area contributed by atoms with Crippen LogP contribution in [0.25, 0.3) is 83.3 Å². The second-order valence-electron chi connectivity index (χ2n) is 15.0. The van der Waals surface area contributed by atoms with Gasteiger partial charge in [-0.05, 0) is 117 Å². The normalized spacial score (nSPS) is 13.9. The van der Waals surface area contributed by atoms with E-state index in [1.54, 1.807) is 0 Å². The SMILES string of the molecule is [Ir].[c-]1ccc(-c2cccc(-c3ccc4c(c3)C3(CCCC3)c3cc(-c5ccc(-n6c7ccccc7c7ccccc76)cc5)ccc3-4)c2)cc1-c1ccccn1. The molecule has 0 bridgehead atoms. The fourth-order valence-electron chi connectivity index (χ4n) is 9.57. The van der Waals surface area contributed by atoms with E-state index in [1.165, 1.54) is 109 Å². The quantitative estimate of drug-likeness (QED) is 0.158. The van der Waals surface area contributed by atoms with E-state index in [0.717, 1.165) is 11.3 Å². The zero-order valence-corrected chi connectivity index (χ0v) is 32.7. The number of pyridine rings is 1. The summed E-state index contributed by atoms with van der Waals surface area (Å²) in [4.78, 5) is 4.56. The average Bonchev–Trinajstić information content (AvgIpc) is 3.95. The maximum absolute atomic E-state index is 4.56. The molecule has 11 rings (SSSR count). The molecule has 1 spiro atoms. The molecule has 0 saturated heterocycles. The third-order valence-corrected chi connectivity index (χ3v) is 12.1. The molecule has 1 saturated carbocycles. The van der Waals surface area contributed by atoms with E-state index in [0.29, 0.717) is 0 Å². The molecule has 2 aromatic heterocycles. The Morgan fingerprint density at radius 1 is 0.491 bits per heavy atom. The molecule has 2 nitrogen and oxygen atoms in total. The minimum absolute atomic E-state index is 0. The second kappa shape index (κ2) is 13.5. The standard InChI is InChI=1S/C52H37N2.Ir/c1-3-18-50-45(15-1)46-16-2-4-19-51(46)54(50)42-24-20-35(21-25-42)39-22-26-43-44-27-23-40(34-48(44)52(47(43)33-39)28-6-7-29-52)37-12-9-11-36(31-37)38-13-10-14-41(32-38)49-17-5-8-30-53-49;/h1-5,8-13,15-27,30-34H,6-7,28-29H2;/q-1;. The summed E-state index contributed by atoms with van der Waals surface area (Å²) in [5, 5.41) is 2.58. The number of hydrogen-bond donors (Lipinski definition) is 0. The Kier molecular flexibility index (Phi) is 8.25.